The lowest BCUT2D eigenvalue weighted by atomic mass is 10.2. The van der Waals surface area contributed by atoms with Gasteiger partial charge >= 0.3 is 5.97 Å². The minimum atomic E-state index is -1.17. The molecule has 0 atom stereocenters. The number of amides is 2. The van der Waals surface area contributed by atoms with Crippen LogP contribution in [0.25, 0.3) is 6.08 Å². The van der Waals surface area contributed by atoms with Gasteiger partial charge in [0.2, 0.25) is 0 Å². The van der Waals surface area contributed by atoms with Crippen molar-refractivity contribution in [3.63, 3.8) is 0 Å². The second-order valence-electron chi connectivity index (χ2n) is 5.86. The zero-order valence-corrected chi connectivity index (χ0v) is 18.4. The van der Waals surface area contributed by atoms with Gasteiger partial charge in [-0.05, 0) is 47.2 Å². The van der Waals surface area contributed by atoms with Crippen LogP contribution in [0, 0.1) is 0 Å². The Morgan fingerprint density at radius 3 is 2.48 bits per heavy atom. The van der Waals surface area contributed by atoms with Crippen LogP contribution in [0.5, 0.6) is 5.75 Å². The van der Waals surface area contributed by atoms with Crippen molar-refractivity contribution in [2.45, 2.75) is 6.54 Å². The SMILES string of the molecule is O=C(O)COc1c(Cl)cc(/C=C2\SC(=O)N(Cc3ccccc3Br)C2=O)cc1Cl. The highest BCUT2D eigenvalue weighted by Crippen LogP contribution is 2.38. The van der Waals surface area contributed by atoms with Crippen molar-refractivity contribution in [1.82, 2.24) is 4.90 Å². The molecule has 3 rings (SSSR count). The number of benzene rings is 2. The minimum Gasteiger partial charge on any atom is -0.479 e. The Hall–Kier alpha value is -2.00. The quantitative estimate of drug-likeness (QED) is 0.513. The molecule has 10 heteroatoms. The van der Waals surface area contributed by atoms with E-state index < -0.39 is 18.5 Å². The van der Waals surface area contributed by atoms with Gasteiger partial charge in [0.25, 0.3) is 11.1 Å². The molecule has 0 aromatic heterocycles. The van der Waals surface area contributed by atoms with E-state index in [0.717, 1.165) is 26.7 Å². The van der Waals surface area contributed by atoms with Crippen LogP contribution in [-0.2, 0) is 16.1 Å². The summed E-state index contributed by atoms with van der Waals surface area (Å²) in [5.74, 6) is -1.55. The summed E-state index contributed by atoms with van der Waals surface area (Å²) in [5, 5.41) is 8.51. The number of hydrogen-bond donors (Lipinski definition) is 1. The van der Waals surface area contributed by atoms with Crippen molar-refractivity contribution >= 4 is 74.1 Å². The smallest absolute Gasteiger partial charge is 0.341 e. The Morgan fingerprint density at radius 2 is 1.86 bits per heavy atom. The number of carboxylic acid groups (broad SMARTS) is 1. The summed E-state index contributed by atoms with van der Waals surface area (Å²) in [6.07, 6.45) is 1.50. The highest BCUT2D eigenvalue weighted by molar-refractivity contribution is 9.10. The molecular formula is C19H12BrCl2NO5S. The number of rotatable bonds is 6. The summed E-state index contributed by atoms with van der Waals surface area (Å²) < 4.78 is 5.87. The van der Waals surface area contributed by atoms with Gasteiger partial charge in [-0.2, -0.15) is 0 Å². The van der Waals surface area contributed by atoms with Crippen molar-refractivity contribution < 1.29 is 24.2 Å². The molecule has 29 heavy (non-hydrogen) atoms. The normalized spacial score (nSPS) is 15.3. The molecule has 2 aromatic rings. The number of imide groups is 1. The molecule has 1 fully saturated rings. The van der Waals surface area contributed by atoms with E-state index in [-0.39, 0.29) is 32.5 Å². The zero-order chi connectivity index (χ0) is 21.1. The maximum absolute atomic E-state index is 12.7. The minimum absolute atomic E-state index is 0.0370. The van der Waals surface area contributed by atoms with Gasteiger partial charge in [-0.15, -0.1) is 0 Å². The van der Waals surface area contributed by atoms with E-state index in [0.29, 0.717) is 5.56 Å². The standard InChI is InChI=1S/C19H12BrCl2NO5S/c20-12-4-2-1-3-11(12)8-23-18(26)15(29-19(23)27)7-10-5-13(21)17(14(22)6-10)28-9-16(24)25/h1-7H,8-9H2,(H,24,25)/b15-7-. The Bertz CT molecular complexity index is 1020. The van der Waals surface area contributed by atoms with E-state index in [1.807, 2.05) is 24.3 Å². The summed E-state index contributed by atoms with van der Waals surface area (Å²) in [7, 11) is 0. The summed E-state index contributed by atoms with van der Waals surface area (Å²) in [4.78, 5) is 37.0. The lowest BCUT2D eigenvalue weighted by Gasteiger charge is -2.13. The predicted octanol–water partition coefficient (Wildman–Crippen LogP) is 5.46. The first-order valence-corrected chi connectivity index (χ1v) is 10.4. The molecule has 6 nitrogen and oxygen atoms in total. The topological polar surface area (TPSA) is 83.9 Å². The number of aliphatic carboxylic acids is 1. The third-order valence-corrected chi connectivity index (χ3v) is 6.06. The van der Waals surface area contributed by atoms with Crippen LogP contribution in [0.4, 0.5) is 4.79 Å². The monoisotopic (exact) mass is 515 g/mol. The van der Waals surface area contributed by atoms with Gasteiger partial charge in [-0.3, -0.25) is 14.5 Å². The second-order valence-corrected chi connectivity index (χ2v) is 8.52. The number of hydrogen-bond acceptors (Lipinski definition) is 5. The molecule has 150 valence electrons. The molecule has 1 aliphatic rings. The van der Waals surface area contributed by atoms with Crippen molar-refractivity contribution in [3.05, 3.63) is 66.9 Å². The van der Waals surface area contributed by atoms with Crippen LogP contribution in [0.3, 0.4) is 0 Å². The highest BCUT2D eigenvalue weighted by atomic mass is 79.9. The molecule has 0 aliphatic carbocycles. The van der Waals surface area contributed by atoms with Crippen LogP contribution in [0.15, 0.2) is 45.8 Å². The third kappa shape index (κ3) is 5.14. The van der Waals surface area contributed by atoms with Gasteiger partial charge < -0.3 is 9.84 Å². The Balaban J connectivity index is 1.82. The number of carbonyl (C=O) groups is 3. The Morgan fingerprint density at radius 1 is 1.21 bits per heavy atom. The second kappa shape index (κ2) is 9.21. The van der Waals surface area contributed by atoms with Crippen LogP contribution in [0.2, 0.25) is 10.0 Å². The molecule has 0 spiro atoms. The van der Waals surface area contributed by atoms with E-state index in [9.17, 15) is 14.4 Å². The molecule has 0 radical (unpaired) electrons. The summed E-state index contributed by atoms with van der Waals surface area (Å²) >= 11 is 16.5. The van der Waals surface area contributed by atoms with Gasteiger partial charge in [0.05, 0.1) is 21.5 Å². The largest absolute Gasteiger partial charge is 0.479 e. The molecule has 0 unspecified atom stereocenters. The first-order valence-electron chi connectivity index (χ1n) is 8.08. The zero-order valence-electron chi connectivity index (χ0n) is 14.5. The maximum Gasteiger partial charge on any atom is 0.341 e. The first-order chi connectivity index (χ1) is 13.8. The number of ether oxygens (including phenoxy) is 1. The maximum atomic E-state index is 12.7. The number of carbonyl (C=O) groups excluding carboxylic acids is 2. The van der Waals surface area contributed by atoms with E-state index in [1.54, 1.807) is 0 Å². The van der Waals surface area contributed by atoms with Crippen LogP contribution >= 0.6 is 50.9 Å². The van der Waals surface area contributed by atoms with E-state index in [1.165, 1.54) is 18.2 Å². The molecule has 0 saturated carbocycles. The number of halogens is 3. The summed E-state index contributed by atoms with van der Waals surface area (Å²) in [5.41, 5.74) is 1.29. The third-order valence-electron chi connectivity index (χ3n) is 3.82. The highest BCUT2D eigenvalue weighted by Gasteiger charge is 2.35. The average Bonchev–Trinajstić information content (AvgIpc) is 2.90. The number of thioether (sulfide) groups is 1. The average molecular weight is 517 g/mol. The molecular weight excluding hydrogens is 505 g/mol. The molecule has 2 aromatic carbocycles. The van der Waals surface area contributed by atoms with Crippen molar-refractivity contribution in [2.24, 2.45) is 0 Å². The number of nitrogens with zero attached hydrogens (tertiary/aromatic N) is 1. The van der Waals surface area contributed by atoms with Gasteiger partial charge in [-0.25, -0.2) is 4.79 Å². The van der Waals surface area contributed by atoms with E-state index in [4.69, 9.17) is 33.0 Å². The first kappa shape index (κ1) is 21.7. The molecule has 0 bridgehead atoms. The van der Waals surface area contributed by atoms with Crippen LogP contribution in [0.1, 0.15) is 11.1 Å². The summed E-state index contributed by atoms with van der Waals surface area (Å²) in [6.45, 7) is -0.445. The lowest BCUT2D eigenvalue weighted by molar-refractivity contribution is -0.139. The molecule has 1 aliphatic heterocycles. The van der Waals surface area contributed by atoms with Crippen LogP contribution < -0.4 is 4.74 Å². The fourth-order valence-corrected chi connectivity index (χ4v) is 4.38. The van der Waals surface area contributed by atoms with Gasteiger partial charge in [-0.1, -0.05) is 57.3 Å². The van der Waals surface area contributed by atoms with Crippen molar-refractivity contribution in [2.75, 3.05) is 6.61 Å². The Kier molecular flexibility index (Phi) is 6.89. The number of carboxylic acids is 1. The fourth-order valence-electron chi connectivity index (χ4n) is 2.52. The van der Waals surface area contributed by atoms with Gasteiger partial charge in [0.1, 0.15) is 0 Å². The van der Waals surface area contributed by atoms with Crippen molar-refractivity contribution in [3.8, 4) is 5.75 Å². The lowest BCUT2D eigenvalue weighted by Crippen LogP contribution is -2.27. The van der Waals surface area contributed by atoms with E-state index >= 15 is 0 Å². The predicted molar refractivity (Wildman–Crippen MR) is 115 cm³/mol. The van der Waals surface area contributed by atoms with E-state index in [2.05, 4.69) is 15.9 Å². The Labute approximate surface area is 188 Å². The molecule has 2 amide bonds. The molecule has 1 N–H and O–H groups in total. The van der Waals surface area contributed by atoms with Crippen LogP contribution in [-0.4, -0.2) is 33.7 Å². The van der Waals surface area contributed by atoms with Gasteiger partial charge in [0.15, 0.2) is 12.4 Å². The molecule has 1 heterocycles. The summed E-state index contributed by atoms with van der Waals surface area (Å²) in [6, 6.07) is 10.3. The van der Waals surface area contributed by atoms with Crippen molar-refractivity contribution in [1.29, 1.82) is 0 Å². The van der Waals surface area contributed by atoms with Gasteiger partial charge in [0, 0.05) is 4.47 Å². The fraction of sp³-hybridized carbons (Fsp3) is 0.105. The molecule has 1 saturated heterocycles.